The van der Waals surface area contributed by atoms with E-state index in [4.69, 9.17) is 9.47 Å². The van der Waals surface area contributed by atoms with Crippen molar-refractivity contribution in [3.63, 3.8) is 0 Å². The molecule has 0 radical (unpaired) electrons. The molecule has 0 fully saturated rings. The van der Waals surface area contributed by atoms with E-state index in [-0.39, 0.29) is 32.7 Å². The lowest BCUT2D eigenvalue weighted by Gasteiger charge is -2.08. The first-order chi connectivity index (χ1) is 16.7. The topological polar surface area (TPSA) is 138 Å². The molecule has 0 spiro atoms. The van der Waals surface area contributed by atoms with Gasteiger partial charge in [-0.15, -0.1) is 0 Å². The minimum Gasteiger partial charge on any atom is -0.422 e. The van der Waals surface area contributed by atoms with E-state index in [0.29, 0.717) is 11.4 Å². The van der Waals surface area contributed by atoms with Gasteiger partial charge in [-0.2, -0.15) is 0 Å². The number of ether oxygens (including phenoxy) is 2. The molecule has 11 heteroatoms. The van der Waals surface area contributed by atoms with Crippen molar-refractivity contribution in [1.82, 2.24) is 19.9 Å². The van der Waals surface area contributed by atoms with Gasteiger partial charge in [0.25, 0.3) is 0 Å². The highest BCUT2D eigenvalue weighted by molar-refractivity contribution is 7.91. The molecule has 4 aromatic rings. The lowest BCUT2D eigenvalue weighted by atomic mass is 10.3. The van der Waals surface area contributed by atoms with Crippen LogP contribution in [0.1, 0.15) is 32.4 Å². The van der Waals surface area contributed by atoms with Crippen LogP contribution in [0, 0.1) is 13.8 Å². The number of aryl methyl sites for hydroxylation is 2. The molecule has 0 bridgehead atoms. The van der Waals surface area contributed by atoms with Gasteiger partial charge in [0, 0.05) is 12.4 Å². The molecule has 35 heavy (non-hydrogen) atoms. The fourth-order valence-electron chi connectivity index (χ4n) is 2.82. The van der Waals surface area contributed by atoms with Crippen LogP contribution in [0.4, 0.5) is 0 Å². The van der Waals surface area contributed by atoms with E-state index in [0.717, 1.165) is 0 Å². The van der Waals surface area contributed by atoms with Gasteiger partial charge in [0.15, 0.2) is 11.4 Å². The molecule has 0 aliphatic heterocycles. The predicted octanol–water partition coefficient (Wildman–Crippen LogP) is 3.15. The van der Waals surface area contributed by atoms with Crippen molar-refractivity contribution < 1.29 is 27.5 Å². The van der Waals surface area contributed by atoms with Gasteiger partial charge in [-0.25, -0.2) is 28.0 Å². The number of aromatic nitrogens is 4. The number of rotatable bonds is 6. The van der Waals surface area contributed by atoms with Crippen LogP contribution in [-0.2, 0) is 9.84 Å². The lowest BCUT2D eigenvalue weighted by molar-refractivity contribution is 0.0718. The van der Waals surface area contributed by atoms with Crippen molar-refractivity contribution in [2.75, 3.05) is 0 Å². The first-order valence-electron chi connectivity index (χ1n) is 10.2. The summed E-state index contributed by atoms with van der Waals surface area (Å²) >= 11 is 0. The maximum Gasteiger partial charge on any atom is 0.363 e. The molecule has 2 aromatic heterocycles. The van der Waals surface area contributed by atoms with E-state index in [9.17, 15) is 18.0 Å². The third-order valence-corrected chi connectivity index (χ3v) is 6.45. The zero-order valence-corrected chi connectivity index (χ0v) is 19.4. The molecule has 0 aliphatic carbocycles. The molecule has 10 nitrogen and oxygen atoms in total. The second kappa shape index (κ2) is 9.77. The Morgan fingerprint density at radius 1 is 0.600 bits per heavy atom. The molecule has 176 valence electrons. The number of benzene rings is 2. The van der Waals surface area contributed by atoms with Crippen LogP contribution >= 0.6 is 0 Å². The zero-order chi connectivity index (χ0) is 25.0. The van der Waals surface area contributed by atoms with Gasteiger partial charge < -0.3 is 9.47 Å². The Labute approximate surface area is 200 Å². The second-order valence-electron chi connectivity index (χ2n) is 7.31. The summed E-state index contributed by atoms with van der Waals surface area (Å²) in [7, 11) is -3.87. The average Bonchev–Trinajstić information content (AvgIpc) is 2.85. The molecule has 2 heterocycles. The van der Waals surface area contributed by atoms with Crippen LogP contribution in [0.5, 0.6) is 11.5 Å². The first kappa shape index (κ1) is 23.6. The maximum atomic E-state index is 13.0. The minimum absolute atomic E-state index is 0.00731. The van der Waals surface area contributed by atoms with Crippen LogP contribution in [0.25, 0.3) is 0 Å². The quantitative estimate of drug-likeness (QED) is 0.292. The fourth-order valence-corrected chi connectivity index (χ4v) is 4.09. The summed E-state index contributed by atoms with van der Waals surface area (Å²) < 4.78 is 36.3. The number of hydrogen-bond donors (Lipinski definition) is 0. The third kappa shape index (κ3) is 5.53. The number of esters is 2. The zero-order valence-electron chi connectivity index (χ0n) is 18.6. The van der Waals surface area contributed by atoms with Crippen molar-refractivity contribution in [3.05, 3.63) is 96.1 Å². The van der Waals surface area contributed by atoms with Gasteiger partial charge in [0.05, 0.1) is 33.6 Å². The molecule has 0 unspecified atom stereocenters. The first-order valence-corrected chi connectivity index (χ1v) is 11.7. The molecule has 4 rings (SSSR count). The summed E-state index contributed by atoms with van der Waals surface area (Å²) in [6.45, 7) is 3.48. The number of sulfone groups is 1. The Morgan fingerprint density at radius 2 is 0.971 bits per heavy atom. The highest BCUT2D eigenvalue weighted by atomic mass is 32.2. The molecule has 2 aromatic carbocycles. The van der Waals surface area contributed by atoms with E-state index in [2.05, 4.69) is 19.9 Å². The Hall–Kier alpha value is -4.51. The maximum absolute atomic E-state index is 13.0. The normalized spacial score (nSPS) is 11.0. The summed E-state index contributed by atoms with van der Waals surface area (Å²) in [5, 5.41) is 0. The molecule has 0 saturated carbocycles. The summed E-state index contributed by atoms with van der Waals surface area (Å²) in [6.07, 6.45) is 5.47. The van der Waals surface area contributed by atoms with Crippen molar-refractivity contribution in [3.8, 4) is 11.5 Å². The smallest absolute Gasteiger partial charge is 0.363 e. The molecule has 0 aliphatic rings. The van der Waals surface area contributed by atoms with Gasteiger partial charge in [-0.3, -0.25) is 9.97 Å². The molecule has 0 atom stereocenters. The van der Waals surface area contributed by atoms with Crippen LogP contribution in [0.2, 0.25) is 0 Å². The number of carbonyl (C=O) groups is 2. The summed E-state index contributed by atoms with van der Waals surface area (Å²) in [5.74, 6) is -1.12. The Morgan fingerprint density at radius 3 is 1.29 bits per heavy atom. The summed E-state index contributed by atoms with van der Waals surface area (Å²) in [6, 6.07) is 10.8. The highest BCUT2D eigenvalue weighted by Gasteiger charge is 2.19. The van der Waals surface area contributed by atoms with Gasteiger partial charge in [-0.05, 0) is 62.4 Å². The monoisotopic (exact) mass is 490 g/mol. The number of hydrogen-bond acceptors (Lipinski definition) is 10. The minimum atomic E-state index is -3.87. The van der Waals surface area contributed by atoms with Crippen LogP contribution < -0.4 is 9.47 Å². The van der Waals surface area contributed by atoms with Gasteiger partial charge in [0.1, 0.15) is 11.5 Å². The van der Waals surface area contributed by atoms with Crippen LogP contribution in [0.3, 0.4) is 0 Å². The van der Waals surface area contributed by atoms with Crippen LogP contribution in [-0.4, -0.2) is 40.3 Å². The largest absolute Gasteiger partial charge is 0.422 e. The Balaban J connectivity index is 1.44. The van der Waals surface area contributed by atoms with E-state index in [1.165, 1.54) is 73.3 Å². The SMILES string of the molecule is Cc1cnc(C(=O)Oc2ccc(S(=O)(=O)c3ccc(OC(=O)c4cnc(C)cn4)cc3)cc2)cn1. The fraction of sp³-hybridized carbons (Fsp3) is 0.0833. The van der Waals surface area contributed by atoms with Gasteiger partial charge in [-0.1, -0.05) is 0 Å². The van der Waals surface area contributed by atoms with Crippen molar-refractivity contribution in [2.45, 2.75) is 23.6 Å². The van der Waals surface area contributed by atoms with Gasteiger partial charge in [0.2, 0.25) is 9.84 Å². The molecule has 0 saturated heterocycles. The Bertz CT molecular complexity index is 1360. The molecule has 0 N–H and O–H groups in total. The summed E-state index contributed by atoms with van der Waals surface area (Å²) in [4.78, 5) is 40.2. The van der Waals surface area contributed by atoms with Crippen molar-refractivity contribution in [2.24, 2.45) is 0 Å². The number of nitrogens with zero attached hydrogens (tertiary/aromatic N) is 4. The molecular formula is C24H18N4O6S. The third-order valence-electron chi connectivity index (χ3n) is 4.67. The Kier molecular flexibility index (Phi) is 6.60. The van der Waals surface area contributed by atoms with Crippen molar-refractivity contribution >= 4 is 21.8 Å². The van der Waals surface area contributed by atoms with Crippen molar-refractivity contribution in [1.29, 1.82) is 0 Å². The highest BCUT2D eigenvalue weighted by Crippen LogP contribution is 2.25. The number of carbonyl (C=O) groups excluding carboxylic acids is 2. The second-order valence-corrected chi connectivity index (χ2v) is 9.26. The van der Waals surface area contributed by atoms with E-state index >= 15 is 0 Å². The average molecular weight is 490 g/mol. The van der Waals surface area contributed by atoms with E-state index in [1.54, 1.807) is 13.8 Å². The van der Waals surface area contributed by atoms with Gasteiger partial charge >= 0.3 is 11.9 Å². The van der Waals surface area contributed by atoms with E-state index in [1.807, 2.05) is 0 Å². The standard InChI is InChI=1S/C24H18N4O6S/c1-15-11-27-21(13-25-15)23(29)33-17-3-7-19(8-4-17)35(31,32)20-9-5-18(6-10-20)34-24(30)22-14-26-16(2)12-28-22/h3-14H,1-2H3. The van der Waals surface area contributed by atoms with E-state index < -0.39 is 21.8 Å². The lowest BCUT2D eigenvalue weighted by Crippen LogP contribution is -2.11. The van der Waals surface area contributed by atoms with Crippen LogP contribution in [0.15, 0.2) is 83.1 Å². The molecular weight excluding hydrogens is 472 g/mol. The summed E-state index contributed by atoms with van der Waals surface area (Å²) in [5.41, 5.74) is 1.37. The molecule has 0 amide bonds. The predicted molar refractivity (Wildman–Crippen MR) is 122 cm³/mol.